The van der Waals surface area contributed by atoms with E-state index < -0.39 is 0 Å². The molecule has 1 aromatic rings. The zero-order valence-corrected chi connectivity index (χ0v) is 12.7. The molecule has 1 N–H and O–H groups in total. The maximum absolute atomic E-state index is 5.43. The molecule has 3 nitrogen and oxygen atoms in total. The monoisotopic (exact) mass is 250 g/mol. The number of ether oxygens (including phenoxy) is 1. The van der Waals surface area contributed by atoms with Gasteiger partial charge in [-0.1, -0.05) is 0 Å². The van der Waals surface area contributed by atoms with E-state index in [4.69, 9.17) is 4.74 Å². The summed E-state index contributed by atoms with van der Waals surface area (Å²) in [6.07, 6.45) is 0. The van der Waals surface area contributed by atoms with Gasteiger partial charge in [0.15, 0.2) is 0 Å². The largest absolute Gasteiger partial charge is 0.377 e. The van der Waals surface area contributed by atoms with E-state index in [1.54, 1.807) is 7.11 Å². The lowest BCUT2D eigenvalue weighted by molar-refractivity contribution is 0.0214. The predicted octanol–water partition coefficient (Wildman–Crippen LogP) is 3.08. The van der Waals surface area contributed by atoms with Crippen molar-refractivity contribution < 1.29 is 4.74 Å². The minimum Gasteiger partial charge on any atom is -0.377 e. The fraction of sp³-hybridized carbons (Fsp3) is 0.667. The number of nitrogens with zero attached hydrogens (tertiary/aromatic N) is 1. The Hall–Kier alpha value is -0.930. The molecule has 0 spiro atoms. The van der Waals surface area contributed by atoms with Crippen LogP contribution >= 0.6 is 0 Å². The summed E-state index contributed by atoms with van der Waals surface area (Å²) in [6, 6.07) is 2.43. The van der Waals surface area contributed by atoms with Crippen LogP contribution in [-0.4, -0.2) is 24.2 Å². The van der Waals surface area contributed by atoms with Gasteiger partial charge in [-0.3, -0.25) is 4.98 Å². The average Bonchev–Trinajstić information content (AvgIpc) is 2.25. The normalized spacial score (nSPS) is 13.7. The Kier molecular flexibility index (Phi) is 4.88. The number of aromatic nitrogens is 1. The first-order valence-corrected chi connectivity index (χ1v) is 6.50. The minimum atomic E-state index is -0.145. The van der Waals surface area contributed by atoms with E-state index in [0.29, 0.717) is 0 Å². The molecule has 0 aliphatic carbocycles. The summed E-state index contributed by atoms with van der Waals surface area (Å²) in [5.41, 5.74) is 4.65. The summed E-state index contributed by atoms with van der Waals surface area (Å²) in [6.45, 7) is 13.4. The molecule has 1 atom stereocenters. The average molecular weight is 250 g/mol. The number of aryl methyl sites for hydroxylation is 3. The van der Waals surface area contributed by atoms with E-state index in [1.807, 2.05) is 6.92 Å². The van der Waals surface area contributed by atoms with Gasteiger partial charge in [-0.15, -0.1) is 0 Å². The number of pyridine rings is 1. The van der Waals surface area contributed by atoms with Gasteiger partial charge in [0.2, 0.25) is 0 Å². The van der Waals surface area contributed by atoms with Crippen molar-refractivity contribution in [3.05, 3.63) is 28.6 Å². The Morgan fingerprint density at radius 3 is 2.44 bits per heavy atom. The quantitative estimate of drug-likeness (QED) is 0.872. The zero-order valence-electron chi connectivity index (χ0n) is 12.7. The number of hydrogen-bond donors (Lipinski definition) is 1. The Morgan fingerprint density at radius 1 is 1.33 bits per heavy atom. The van der Waals surface area contributed by atoms with E-state index in [1.165, 1.54) is 11.1 Å². The third-order valence-electron chi connectivity index (χ3n) is 3.40. The van der Waals surface area contributed by atoms with Crippen LogP contribution in [-0.2, 0) is 4.74 Å². The molecule has 1 heterocycles. The second-order valence-corrected chi connectivity index (χ2v) is 5.65. The van der Waals surface area contributed by atoms with Crippen LogP contribution in [0.15, 0.2) is 6.07 Å². The molecule has 0 fully saturated rings. The molecule has 0 bridgehead atoms. The Bertz CT molecular complexity index is 390. The molecule has 102 valence electrons. The summed E-state index contributed by atoms with van der Waals surface area (Å²) in [5.74, 6) is 0. The summed E-state index contributed by atoms with van der Waals surface area (Å²) < 4.78 is 5.43. The van der Waals surface area contributed by atoms with Crippen LogP contribution in [0.5, 0.6) is 0 Å². The van der Waals surface area contributed by atoms with E-state index in [2.05, 4.69) is 51.0 Å². The van der Waals surface area contributed by atoms with Crippen molar-refractivity contribution in [3.8, 4) is 0 Å². The molecule has 0 saturated carbocycles. The molecule has 3 heteroatoms. The van der Waals surface area contributed by atoms with Gasteiger partial charge in [0, 0.05) is 31.1 Å². The van der Waals surface area contributed by atoms with E-state index >= 15 is 0 Å². The highest BCUT2D eigenvalue weighted by molar-refractivity contribution is 5.33. The van der Waals surface area contributed by atoms with Gasteiger partial charge in [-0.2, -0.15) is 0 Å². The van der Waals surface area contributed by atoms with Crippen molar-refractivity contribution in [1.29, 1.82) is 0 Å². The SMILES string of the molecule is COC(C)(C)CNC(C)c1c(C)cc(C)nc1C. The second kappa shape index (κ2) is 5.81. The number of methoxy groups -OCH3 is 1. The molecule has 0 aromatic carbocycles. The van der Waals surface area contributed by atoms with Crippen LogP contribution in [0, 0.1) is 20.8 Å². The molecular formula is C15H26N2O. The van der Waals surface area contributed by atoms with Gasteiger partial charge in [-0.25, -0.2) is 0 Å². The van der Waals surface area contributed by atoms with Crippen molar-refractivity contribution in [2.24, 2.45) is 0 Å². The van der Waals surface area contributed by atoms with Gasteiger partial charge in [0.1, 0.15) is 0 Å². The van der Waals surface area contributed by atoms with Gasteiger partial charge in [0.25, 0.3) is 0 Å². The standard InChI is InChI=1S/C15H26N2O/c1-10-8-11(2)17-13(4)14(10)12(3)16-9-15(5,6)18-7/h8,12,16H,9H2,1-7H3. The maximum atomic E-state index is 5.43. The predicted molar refractivity (Wildman–Crippen MR) is 76.0 cm³/mol. The Morgan fingerprint density at radius 2 is 1.94 bits per heavy atom. The highest BCUT2D eigenvalue weighted by Gasteiger charge is 2.19. The van der Waals surface area contributed by atoms with Crippen molar-refractivity contribution in [3.63, 3.8) is 0 Å². The number of rotatable bonds is 5. The second-order valence-electron chi connectivity index (χ2n) is 5.65. The lowest BCUT2D eigenvalue weighted by Crippen LogP contribution is -2.38. The third-order valence-corrected chi connectivity index (χ3v) is 3.40. The van der Waals surface area contributed by atoms with Crippen molar-refractivity contribution in [1.82, 2.24) is 10.3 Å². The molecule has 1 aromatic heterocycles. The van der Waals surface area contributed by atoms with Crippen LogP contribution in [0.1, 0.15) is 49.3 Å². The first-order valence-electron chi connectivity index (χ1n) is 6.50. The molecule has 1 rings (SSSR count). The van der Waals surface area contributed by atoms with Crippen molar-refractivity contribution >= 4 is 0 Å². The van der Waals surface area contributed by atoms with Crippen LogP contribution < -0.4 is 5.32 Å². The minimum absolute atomic E-state index is 0.145. The van der Waals surface area contributed by atoms with Crippen molar-refractivity contribution in [2.45, 2.75) is 53.2 Å². The first kappa shape index (κ1) is 15.1. The molecule has 1 unspecified atom stereocenters. The van der Waals surface area contributed by atoms with Gasteiger partial charge in [-0.05, 0) is 58.7 Å². The fourth-order valence-electron chi connectivity index (χ4n) is 2.26. The molecule has 0 radical (unpaired) electrons. The van der Waals surface area contributed by atoms with Gasteiger partial charge >= 0.3 is 0 Å². The smallest absolute Gasteiger partial charge is 0.0746 e. The van der Waals surface area contributed by atoms with Crippen LogP contribution in [0.2, 0.25) is 0 Å². The summed E-state index contributed by atoms with van der Waals surface area (Å²) in [5, 5.41) is 3.53. The molecular weight excluding hydrogens is 224 g/mol. The molecule has 0 amide bonds. The molecule has 0 saturated heterocycles. The number of hydrogen-bond acceptors (Lipinski definition) is 3. The topological polar surface area (TPSA) is 34.1 Å². The van der Waals surface area contributed by atoms with Gasteiger partial charge in [0.05, 0.1) is 5.60 Å². The van der Waals surface area contributed by atoms with E-state index in [9.17, 15) is 0 Å². The third kappa shape index (κ3) is 3.79. The lowest BCUT2D eigenvalue weighted by atomic mass is 9.99. The molecule has 0 aliphatic heterocycles. The first-order chi connectivity index (χ1) is 8.26. The fourth-order valence-corrected chi connectivity index (χ4v) is 2.26. The summed E-state index contributed by atoms with van der Waals surface area (Å²) in [7, 11) is 1.75. The van der Waals surface area contributed by atoms with Gasteiger partial charge < -0.3 is 10.1 Å². The lowest BCUT2D eigenvalue weighted by Gasteiger charge is -2.27. The highest BCUT2D eigenvalue weighted by Crippen LogP contribution is 2.21. The van der Waals surface area contributed by atoms with Crippen molar-refractivity contribution in [2.75, 3.05) is 13.7 Å². The summed E-state index contributed by atoms with van der Waals surface area (Å²) >= 11 is 0. The molecule has 0 aliphatic rings. The number of nitrogens with one attached hydrogen (secondary N) is 1. The zero-order chi connectivity index (χ0) is 13.9. The Balaban J connectivity index is 2.82. The van der Waals surface area contributed by atoms with E-state index in [0.717, 1.165) is 17.9 Å². The van der Waals surface area contributed by atoms with Crippen LogP contribution in [0.3, 0.4) is 0 Å². The molecule has 18 heavy (non-hydrogen) atoms. The Labute approximate surface area is 111 Å². The maximum Gasteiger partial charge on any atom is 0.0746 e. The highest BCUT2D eigenvalue weighted by atomic mass is 16.5. The van der Waals surface area contributed by atoms with Crippen LogP contribution in [0.25, 0.3) is 0 Å². The van der Waals surface area contributed by atoms with E-state index in [-0.39, 0.29) is 11.6 Å². The van der Waals surface area contributed by atoms with Crippen LogP contribution in [0.4, 0.5) is 0 Å². The summed E-state index contributed by atoms with van der Waals surface area (Å²) in [4.78, 5) is 4.55.